The summed E-state index contributed by atoms with van der Waals surface area (Å²) in [6.07, 6.45) is 2.22. The van der Waals surface area contributed by atoms with Crippen molar-refractivity contribution >= 4 is 0 Å². The van der Waals surface area contributed by atoms with E-state index in [1.165, 1.54) is 12.8 Å². The number of rotatable bonds is 5. The molecule has 1 aliphatic rings. The molecule has 1 atom stereocenters. The van der Waals surface area contributed by atoms with Crippen molar-refractivity contribution in [2.45, 2.75) is 39.7 Å². The lowest BCUT2D eigenvalue weighted by molar-refractivity contribution is -0.00433. The molecule has 0 radical (unpaired) electrons. The van der Waals surface area contributed by atoms with Crippen LogP contribution in [0.15, 0.2) is 0 Å². The Hall–Kier alpha value is -0.120. The summed E-state index contributed by atoms with van der Waals surface area (Å²) in [6.45, 7) is 10.6. The van der Waals surface area contributed by atoms with Crippen molar-refractivity contribution in [2.75, 3.05) is 32.8 Å². The van der Waals surface area contributed by atoms with Gasteiger partial charge in [-0.15, -0.1) is 0 Å². The number of nitrogens with zero attached hydrogens (tertiary/aromatic N) is 1. The highest BCUT2D eigenvalue weighted by atomic mass is 16.5. The third kappa shape index (κ3) is 6.13. The van der Waals surface area contributed by atoms with Gasteiger partial charge in [-0.2, -0.15) is 0 Å². The highest BCUT2D eigenvalue weighted by Gasteiger charge is 2.17. The minimum absolute atomic E-state index is 0.188. The monoisotopic (exact) mass is 215 g/mol. The van der Waals surface area contributed by atoms with Crippen molar-refractivity contribution in [2.24, 2.45) is 5.41 Å². The first-order valence-corrected chi connectivity index (χ1v) is 5.95. The van der Waals surface area contributed by atoms with Crippen LogP contribution in [0.5, 0.6) is 0 Å². The summed E-state index contributed by atoms with van der Waals surface area (Å²) in [5.74, 6) is 0. The molecule has 0 aliphatic carbocycles. The molecule has 1 saturated heterocycles. The second kappa shape index (κ2) is 5.83. The van der Waals surface area contributed by atoms with E-state index in [1.807, 2.05) is 0 Å². The Labute approximate surface area is 93.4 Å². The van der Waals surface area contributed by atoms with Gasteiger partial charge in [0.1, 0.15) is 0 Å². The minimum Gasteiger partial charge on any atom is -0.389 e. The quantitative estimate of drug-likeness (QED) is 0.754. The van der Waals surface area contributed by atoms with Crippen molar-refractivity contribution in [1.82, 2.24) is 4.90 Å². The molecule has 0 aromatic rings. The fraction of sp³-hybridized carbons (Fsp3) is 1.00. The van der Waals surface area contributed by atoms with Crippen LogP contribution in [0.3, 0.4) is 0 Å². The number of hydrogen-bond acceptors (Lipinski definition) is 3. The van der Waals surface area contributed by atoms with Crippen LogP contribution in [0, 0.1) is 5.41 Å². The lowest BCUT2D eigenvalue weighted by Gasteiger charge is -2.22. The van der Waals surface area contributed by atoms with Gasteiger partial charge in [-0.1, -0.05) is 20.8 Å². The second-order valence-corrected chi connectivity index (χ2v) is 5.74. The molecule has 0 spiro atoms. The Morgan fingerprint density at radius 3 is 2.40 bits per heavy atom. The van der Waals surface area contributed by atoms with Crippen molar-refractivity contribution in [1.29, 1.82) is 0 Å². The lowest BCUT2D eigenvalue weighted by atomic mass is 9.99. The van der Waals surface area contributed by atoms with Crippen molar-refractivity contribution in [3.8, 4) is 0 Å². The van der Waals surface area contributed by atoms with Crippen LogP contribution in [0.4, 0.5) is 0 Å². The van der Waals surface area contributed by atoms with E-state index in [4.69, 9.17) is 4.74 Å². The summed E-state index contributed by atoms with van der Waals surface area (Å²) in [6, 6.07) is 0. The maximum atomic E-state index is 9.74. The van der Waals surface area contributed by atoms with E-state index in [0.29, 0.717) is 13.2 Å². The first kappa shape index (κ1) is 12.9. The number of likely N-dealkylation sites (tertiary alicyclic amines) is 1. The molecule has 1 N–H and O–H groups in total. The number of β-amino-alcohol motifs (C(OH)–C–C–N with tert-alkyl or cyclic N) is 1. The fourth-order valence-corrected chi connectivity index (χ4v) is 1.82. The molecule has 3 heteroatoms. The molecule has 0 aromatic heterocycles. The normalized spacial score (nSPS) is 20.8. The van der Waals surface area contributed by atoms with Gasteiger partial charge in [0, 0.05) is 6.54 Å². The van der Waals surface area contributed by atoms with E-state index in [9.17, 15) is 5.11 Å². The largest absolute Gasteiger partial charge is 0.389 e. The van der Waals surface area contributed by atoms with Crippen LogP contribution >= 0.6 is 0 Å². The van der Waals surface area contributed by atoms with Crippen molar-refractivity contribution < 1.29 is 9.84 Å². The fourth-order valence-electron chi connectivity index (χ4n) is 1.82. The van der Waals surface area contributed by atoms with Crippen LogP contribution in [0.2, 0.25) is 0 Å². The molecule has 90 valence electrons. The molecule has 1 rings (SSSR count). The number of hydrogen-bond donors (Lipinski definition) is 1. The molecule has 0 aromatic carbocycles. The van der Waals surface area contributed by atoms with Gasteiger partial charge in [0.05, 0.1) is 19.3 Å². The average Bonchev–Trinajstić information content (AvgIpc) is 2.54. The highest BCUT2D eigenvalue weighted by Crippen LogP contribution is 2.13. The predicted octanol–water partition coefficient (Wildman–Crippen LogP) is 1.51. The van der Waals surface area contributed by atoms with Crippen LogP contribution in [0.1, 0.15) is 33.6 Å². The standard InChI is InChI=1S/C12H25NO2/c1-12(2,3)10-15-9-11(14)8-13-6-4-5-7-13/h11,14H,4-10H2,1-3H3. The topological polar surface area (TPSA) is 32.7 Å². The molecule has 0 bridgehead atoms. The highest BCUT2D eigenvalue weighted by molar-refractivity contribution is 4.70. The third-order valence-corrected chi connectivity index (χ3v) is 2.51. The Kier molecular flexibility index (Phi) is 5.03. The van der Waals surface area contributed by atoms with E-state index in [-0.39, 0.29) is 11.5 Å². The van der Waals surface area contributed by atoms with E-state index in [1.54, 1.807) is 0 Å². The van der Waals surface area contributed by atoms with E-state index < -0.39 is 0 Å². The van der Waals surface area contributed by atoms with Crippen molar-refractivity contribution in [3.05, 3.63) is 0 Å². The number of aliphatic hydroxyl groups excluding tert-OH is 1. The van der Waals surface area contributed by atoms with E-state index in [2.05, 4.69) is 25.7 Å². The van der Waals surface area contributed by atoms with Gasteiger partial charge in [0.25, 0.3) is 0 Å². The number of ether oxygens (including phenoxy) is 1. The molecule has 15 heavy (non-hydrogen) atoms. The smallest absolute Gasteiger partial charge is 0.0900 e. The molecule has 1 aliphatic heterocycles. The summed E-state index contributed by atoms with van der Waals surface area (Å²) in [4.78, 5) is 2.31. The zero-order chi connectivity index (χ0) is 11.3. The Morgan fingerprint density at radius 1 is 1.27 bits per heavy atom. The van der Waals surface area contributed by atoms with Crippen LogP contribution in [0.25, 0.3) is 0 Å². The molecular formula is C12H25NO2. The summed E-state index contributed by atoms with van der Waals surface area (Å²) in [7, 11) is 0. The van der Waals surface area contributed by atoms with Gasteiger partial charge in [-0.3, -0.25) is 0 Å². The zero-order valence-electron chi connectivity index (χ0n) is 10.3. The van der Waals surface area contributed by atoms with Gasteiger partial charge in [-0.25, -0.2) is 0 Å². The summed E-state index contributed by atoms with van der Waals surface area (Å²) >= 11 is 0. The van der Waals surface area contributed by atoms with Gasteiger partial charge >= 0.3 is 0 Å². The predicted molar refractivity (Wildman–Crippen MR) is 62.0 cm³/mol. The van der Waals surface area contributed by atoms with Crippen molar-refractivity contribution in [3.63, 3.8) is 0 Å². The maximum absolute atomic E-state index is 9.74. The average molecular weight is 215 g/mol. The third-order valence-electron chi connectivity index (χ3n) is 2.51. The molecule has 1 unspecified atom stereocenters. The Morgan fingerprint density at radius 2 is 1.87 bits per heavy atom. The first-order chi connectivity index (χ1) is 6.97. The molecule has 1 heterocycles. The molecule has 0 saturated carbocycles. The Balaban J connectivity index is 2.05. The van der Waals surface area contributed by atoms with Gasteiger partial charge in [0.15, 0.2) is 0 Å². The summed E-state index contributed by atoms with van der Waals surface area (Å²) in [5.41, 5.74) is 0.188. The minimum atomic E-state index is -0.328. The zero-order valence-corrected chi connectivity index (χ0v) is 10.3. The van der Waals surface area contributed by atoms with E-state index >= 15 is 0 Å². The van der Waals surface area contributed by atoms with Gasteiger partial charge in [0.2, 0.25) is 0 Å². The van der Waals surface area contributed by atoms with Gasteiger partial charge in [-0.05, 0) is 31.3 Å². The SMILES string of the molecule is CC(C)(C)COCC(O)CN1CCCC1. The second-order valence-electron chi connectivity index (χ2n) is 5.74. The summed E-state index contributed by atoms with van der Waals surface area (Å²) < 4.78 is 5.49. The number of aliphatic hydroxyl groups is 1. The van der Waals surface area contributed by atoms with Gasteiger partial charge < -0.3 is 14.7 Å². The van der Waals surface area contributed by atoms with Crippen LogP contribution in [-0.4, -0.2) is 49.0 Å². The first-order valence-electron chi connectivity index (χ1n) is 5.95. The molecular weight excluding hydrogens is 190 g/mol. The Bertz CT molecular complexity index is 171. The van der Waals surface area contributed by atoms with Crippen LogP contribution < -0.4 is 0 Å². The molecule has 1 fully saturated rings. The molecule has 3 nitrogen and oxygen atoms in total. The molecule has 0 amide bonds. The lowest BCUT2D eigenvalue weighted by Crippen LogP contribution is -2.33. The summed E-state index contributed by atoms with van der Waals surface area (Å²) in [5, 5.41) is 9.74. The van der Waals surface area contributed by atoms with E-state index in [0.717, 1.165) is 19.6 Å². The maximum Gasteiger partial charge on any atom is 0.0900 e. The van der Waals surface area contributed by atoms with Crippen LogP contribution in [-0.2, 0) is 4.74 Å².